The predicted molar refractivity (Wildman–Crippen MR) is 50.0 cm³/mol. The van der Waals surface area contributed by atoms with E-state index < -0.39 is 18.6 Å². The number of hydroxylamine groups is 1. The minimum Gasteiger partial charge on any atom is -0.292 e. The van der Waals surface area contributed by atoms with Crippen LogP contribution in [0.25, 0.3) is 0 Å². The van der Waals surface area contributed by atoms with E-state index in [4.69, 9.17) is 0 Å². The first-order valence-electron chi connectivity index (χ1n) is 4.55. The van der Waals surface area contributed by atoms with E-state index in [-0.39, 0.29) is 6.54 Å². The summed E-state index contributed by atoms with van der Waals surface area (Å²) >= 11 is 0. The molecule has 0 spiro atoms. The second kappa shape index (κ2) is 5.27. The van der Waals surface area contributed by atoms with Crippen molar-refractivity contribution in [2.75, 3.05) is 6.61 Å². The van der Waals surface area contributed by atoms with Crippen LogP contribution in [0.1, 0.15) is 11.1 Å². The van der Waals surface area contributed by atoms with Crippen LogP contribution in [0.5, 0.6) is 0 Å². The molecule has 0 saturated carbocycles. The molecular weight excluding hydrogens is 226 g/mol. The van der Waals surface area contributed by atoms with Gasteiger partial charge >= 0.3 is 6.18 Å². The zero-order valence-electron chi connectivity index (χ0n) is 8.57. The molecule has 90 valence electrons. The summed E-state index contributed by atoms with van der Waals surface area (Å²) in [4.78, 5) is 4.17. The van der Waals surface area contributed by atoms with Crippen LogP contribution >= 0.6 is 0 Å². The number of alkyl halides is 3. The van der Waals surface area contributed by atoms with Gasteiger partial charge in [-0.25, -0.2) is 4.39 Å². The number of nitrogens with one attached hydrogen (secondary N) is 1. The van der Waals surface area contributed by atoms with Crippen LogP contribution < -0.4 is 5.48 Å². The van der Waals surface area contributed by atoms with Crippen molar-refractivity contribution in [3.8, 4) is 0 Å². The molecule has 0 aliphatic rings. The standard InChI is InChI=1S/C10H11F4NO/c1-7-2-3-8(4-9(7)11)5-15-16-6-10(12,13)14/h2-4,15H,5-6H2,1H3. The number of hydrogen-bond donors (Lipinski definition) is 1. The van der Waals surface area contributed by atoms with Crippen molar-refractivity contribution in [3.63, 3.8) is 0 Å². The van der Waals surface area contributed by atoms with E-state index in [1.165, 1.54) is 6.07 Å². The fourth-order valence-corrected chi connectivity index (χ4v) is 1.01. The molecule has 0 aliphatic carbocycles. The van der Waals surface area contributed by atoms with Crippen molar-refractivity contribution in [1.29, 1.82) is 0 Å². The quantitative estimate of drug-likeness (QED) is 0.494. The first-order chi connectivity index (χ1) is 7.38. The second-order valence-corrected chi connectivity index (χ2v) is 3.31. The van der Waals surface area contributed by atoms with Gasteiger partial charge in [-0.05, 0) is 24.1 Å². The van der Waals surface area contributed by atoms with E-state index in [0.717, 1.165) is 0 Å². The van der Waals surface area contributed by atoms with Gasteiger partial charge in [0.05, 0.1) is 0 Å². The van der Waals surface area contributed by atoms with Crippen molar-refractivity contribution in [2.45, 2.75) is 19.6 Å². The van der Waals surface area contributed by atoms with Gasteiger partial charge in [0.2, 0.25) is 0 Å². The Balaban J connectivity index is 2.35. The van der Waals surface area contributed by atoms with Gasteiger partial charge in [0.25, 0.3) is 0 Å². The van der Waals surface area contributed by atoms with Gasteiger partial charge in [-0.2, -0.15) is 18.7 Å². The predicted octanol–water partition coefficient (Wildman–Crippen LogP) is 2.72. The lowest BCUT2D eigenvalue weighted by molar-refractivity contribution is -0.190. The highest BCUT2D eigenvalue weighted by molar-refractivity contribution is 5.22. The molecule has 0 aromatic heterocycles. The maximum absolute atomic E-state index is 13.0. The minimum absolute atomic E-state index is 0.0211. The molecule has 1 aromatic carbocycles. The van der Waals surface area contributed by atoms with Gasteiger partial charge < -0.3 is 0 Å². The fraction of sp³-hybridized carbons (Fsp3) is 0.400. The lowest BCUT2D eigenvalue weighted by atomic mass is 10.1. The van der Waals surface area contributed by atoms with Gasteiger partial charge in [0.1, 0.15) is 5.82 Å². The second-order valence-electron chi connectivity index (χ2n) is 3.31. The Morgan fingerprint density at radius 2 is 2.00 bits per heavy atom. The molecule has 1 N–H and O–H groups in total. The van der Waals surface area contributed by atoms with E-state index in [9.17, 15) is 17.6 Å². The number of hydrogen-bond acceptors (Lipinski definition) is 2. The zero-order valence-corrected chi connectivity index (χ0v) is 8.57. The summed E-state index contributed by atoms with van der Waals surface area (Å²) in [6.45, 7) is 0.251. The van der Waals surface area contributed by atoms with Crippen LogP contribution in [0.15, 0.2) is 18.2 Å². The van der Waals surface area contributed by atoms with Crippen molar-refractivity contribution >= 4 is 0 Å². The van der Waals surface area contributed by atoms with Gasteiger partial charge in [0, 0.05) is 6.54 Å². The number of aryl methyl sites for hydroxylation is 1. The summed E-state index contributed by atoms with van der Waals surface area (Å²) in [5.41, 5.74) is 3.12. The molecule has 0 bridgehead atoms. The molecule has 16 heavy (non-hydrogen) atoms. The molecule has 0 aliphatic heterocycles. The average molecular weight is 237 g/mol. The van der Waals surface area contributed by atoms with Crippen molar-refractivity contribution in [1.82, 2.24) is 5.48 Å². The number of rotatable bonds is 4. The van der Waals surface area contributed by atoms with Gasteiger partial charge in [0.15, 0.2) is 6.61 Å². The van der Waals surface area contributed by atoms with E-state index in [1.54, 1.807) is 19.1 Å². The molecule has 0 atom stereocenters. The Hall–Kier alpha value is -1.14. The molecule has 1 aromatic rings. The molecular formula is C10H11F4NO. The first-order valence-corrected chi connectivity index (χ1v) is 4.55. The van der Waals surface area contributed by atoms with E-state index in [0.29, 0.717) is 11.1 Å². The van der Waals surface area contributed by atoms with E-state index in [2.05, 4.69) is 10.3 Å². The largest absolute Gasteiger partial charge is 0.413 e. The van der Waals surface area contributed by atoms with Crippen LogP contribution in [-0.2, 0) is 11.4 Å². The molecule has 0 saturated heterocycles. The number of halogens is 4. The minimum atomic E-state index is -4.37. The third-order valence-electron chi connectivity index (χ3n) is 1.85. The molecule has 0 heterocycles. The Morgan fingerprint density at radius 3 is 2.56 bits per heavy atom. The van der Waals surface area contributed by atoms with E-state index >= 15 is 0 Å². The maximum atomic E-state index is 13.0. The molecule has 0 amide bonds. The Morgan fingerprint density at radius 1 is 1.31 bits per heavy atom. The molecule has 1 rings (SSSR count). The highest BCUT2D eigenvalue weighted by Crippen LogP contribution is 2.14. The number of benzene rings is 1. The van der Waals surface area contributed by atoms with Crippen LogP contribution in [0, 0.1) is 12.7 Å². The molecule has 0 radical (unpaired) electrons. The summed E-state index contributed by atoms with van der Waals surface area (Å²) in [6.07, 6.45) is -4.37. The van der Waals surface area contributed by atoms with Crippen LogP contribution in [-0.4, -0.2) is 12.8 Å². The highest BCUT2D eigenvalue weighted by atomic mass is 19.4. The zero-order chi connectivity index (χ0) is 12.2. The van der Waals surface area contributed by atoms with Gasteiger partial charge in [-0.3, -0.25) is 4.84 Å². The topological polar surface area (TPSA) is 21.3 Å². The van der Waals surface area contributed by atoms with Crippen LogP contribution in [0.4, 0.5) is 17.6 Å². The highest BCUT2D eigenvalue weighted by Gasteiger charge is 2.27. The Kier molecular flexibility index (Phi) is 4.26. The lowest BCUT2D eigenvalue weighted by Crippen LogP contribution is -2.24. The molecule has 6 heteroatoms. The fourth-order valence-electron chi connectivity index (χ4n) is 1.01. The summed E-state index contributed by atoms with van der Waals surface area (Å²) in [5, 5.41) is 0. The molecule has 2 nitrogen and oxygen atoms in total. The average Bonchev–Trinajstić information content (AvgIpc) is 2.17. The summed E-state index contributed by atoms with van der Waals surface area (Å²) in [7, 11) is 0. The Bertz CT molecular complexity index is 351. The lowest BCUT2D eigenvalue weighted by Gasteiger charge is -2.08. The smallest absolute Gasteiger partial charge is 0.292 e. The van der Waals surface area contributed by atoms with E-state index in [1.807, 2.05) is 0 Å². The SMILES string of the molecule is Cc1ccc(CNOCC(F)(F)F)cc1F. The normalized spacial score (nSPS) is 11.8. The van der Waals surface area contributed by atoms with Crippen molar-refractivity contribution < 1.29 is 22.4 Å². The third-order valence-corrected chi connectivity index (χ3v) is 1.85. The maximum Gasteiger partial charge on any atom is 0.413 e. The third kappa shape index (κ3) is 4.59. The van der Waals surface area contributed by atoms with Crippen molar-refractivity contribution in [3.05, 3.63) is 35.1 Å². The Labute approximate surface area is 90.2 Å². The van der Waals surface area contributed by atoms with Crippen molar-refractivity contribution in [2.24, 2.45) is 0 Å². The van der Waals surface area contributed by atoms with Crippen LogP contribution in [0.3, 0.4) is 0 Å². The molecule has 0 fully saturated rings. The summed E-state index contributed by atoms with van der Waals surface area (Å²) < 4.78 is 48.0. The monoisotopic (exact) mass is 237 g/mol. The summed E-state index contributed by atoms with van der Waals surface area (Å²) in [5.74, 6) is -0.393. The molecule has 0 unspecified atom stereocenters. The summed E-state index contributed by atoms with van der Waals surface area (Å²) in [6, 6.07) is 4.41. The van der Waals surface area contributed by atoms with Gasteiger partial charge in [-0.15, -0.1) is 0 Å². The van der Waals surface area contributed by atoms with Gasteiger partial charge in [-0.1, -0.05) is 12.1 Å². The van der Waals surface area contributed by atoms with Crippen LogP contribution in [0.2, 0.25) is 0 Å². The first kappa shape index (κ1) is 12.9.